The molecule has 0 aliphatic heterocycles. The van der Waals surface area contributed by atoms with Gasteiger partial charge in [0.25, 0.3) is 0 Å². The van der Waals surface area contributed by atoms with Crippen LogP contribution in [0, 0.1) is 0 Å². The van der Waals surface area contributed by atoms with Crippen LogP contribution in [0.3, 0.4) is 0 Å². The van der Waals surface area contributed by atoms with Crippen molar-refractivity contribution < 1.29 is 4.74 Å². The lowest BCUT2D eigenvalue weighted by Crippen LogP contribution is -2.29. The van der Waals surface area contributed by atoms with Gasteiger partial charge in [-0.2, -0.15) is 0 Å². The lowest BCUT2D eigenvalue weighted by atomic mass is 9.66. The van der Waals surface area contributed by atoms with E-state index in [1.54, 1.807) is 0 Å². The predicted octanol–water partition coefficient (Wildman–Crippen LogP) is 7.01. The predicted molar refractivity (Wildman–Crippen MR) is 119 cm³/mol. The second kappa shape index (κ2) is 10.2. The maximum Gasteiger partial charge on any atom is 0.0546 e. The topological polar surface area (TPSA) is 9.23 Å². The molecule has 0 aromatic heterocycles. The van der Waals surface area contributed by atoms with E-state index in [0.29, 0.717) is 6.10 Å². The lowest BCUT2D eigenvalue weighted by molar-refractivity contribution is 0.0682. The van der Waals surface area contributed by atoms with Gasteiger partial charge < -0.3 is 4.74 Å². The zero-order valence-electron chi connectivity index (χ0n) is 17.2. The minimum atomic E-state index is -0.126. The third-order valence-electron chi connectivity index (χ3n) is 5.66. The Morgan fingerprint density at radius 3 is 1.50 bits per heavy atom. The number of rotatable bonds is 10. The highest BCUT2D eigenvalue weighted by Crippen LogP contribution is 2.43. The van der Waals surface area contributed by atoms with Crippen LogP contribution >= 0.6 is 0 Å². The standard InChI is InChI=1S/C27H32O/c1-3-28-23(2)15-13-14-22-27(24-16-7-4-8-17-24,25-18-9-5-10-19-25)26-20-11-6-12-21-26/h4-12,16-21,23H,3,13-15,22H2,1-2H3. The first kappa shape index (κ1) is 20.4. The maximum atomic E-state index is 5.73. The van der Waals surface area contributed by atoms with Gasteiger partial charge in [-0.1, -0.05) is 104 Å². The van der Waals surface area contributed by atoms with Gasteiger partial charge in [0.2, 0.25) is 0 Å². The van der Waals surface area contributed by atoms with E-state index in [2.05, 4.69) is 105 Å². The van der Waals surface area contributed by atoms with Gasteiger partial charge in [0.1, 0.15) is 0 Å². The third-order valence-corrected chi connectivity index (χ3v) is 5.66. The van der Waals surface area contributed by atoms with Gasteiger partial charge in [-0.05, 0) is 43.4 Å². The summed E-state index contributed by atoms with van der Waals surface area (Å²) in [5, 5.41) is 0. The molecule has 0 fully saturated rings. The molecule has 0 bridgehead atoms. The van der Waals surface area contributed by atoms with Crippen LogP contribution in [0.25, 0.3) is 0 Å². The van der Waals surface area contributed by atoms with E-state index < -0.39 is 0 Å². The zero-order chi connectivity index (χ0) is 19.7. The highest BCUT2D eigenvalue weighted by atomic mass is 16.5. The van der Waals surface area contributed by atoms with Crippen molar-refractivity contribution in [1.82, 2.24) is 0 Å². The van der Waals surface area contributed by atoms with E-state index in [1.165, 1.54) is 23.1 Å². The monoisotopic (exact) mass is 372 g/mol. The van der Waals surface area contributed by atoms with Crippen molar-refractivity contribution in [3.63, 3.8) is 0 Å². The Labute approximate surface area is 170 Å². The molecule has 0 spiro atoms. The van der Waals surface area contributed by atoms with Crippen molar-refractivity contribution >= 4 is 0 Å². The molecular weight excluding hydrogens is 340 g/mol. The fraction of sp³-hybridized carbons (Fsp3) is 0.333. The van der Waals surface area contributed by atoms with Crippen LogP contribution in [0.1, 0.15) is 56.2 Å². The molecule has 0 aliphatic rings. The van der Waals surface area contributed by atoms with Gasteiger partial charge in [0.15, 0.2) is 0 Å². The fourth-order valence-corrected chi connectivity index (χ4v) is 4.29. The lowest BCUT2D eigenvalue weighted by Gasteiger charge is -2.36. The Morgan fingerprint density at radius 2 is 1.11 bits per heavy atom. The summed E-state index contributed by atoms with van der Waals surface area (Å²) in [6, 6.07) is 33.0. The van der Waals surface area contributed by atoms with Crippen LogP contribution in [-0.4, -0.2) is 12.7 Å². The summed E-state index contributed by atoms with van der Waals surface area (Å²) in [5.41, 5.74) is 3.97. The SMILES string of the molecule is CCOC(C)CCCCC(c1ccccc1)(c1ccccc1)c1ccccc1. The van der Waals surface area contributed by atoms with Crippen molar-refractivity contribution in [1.29, 1.82) is 0 Å². The number of unbranched alkanes of at least 4 members (excludes halogenated alkanes) is 1. The van der Waals surface area contributed by atoms with Crippen LogP contribution in [0.4, 0.5) is 0 Å². The number of benzene rings is 3. The molecule has 146 valence electrons. The summed E-state index contributed by atoms with van der Waals surface area (Å²) in [6.07, 6.45) is 4.88. The first-order chi connectivity index (χ1) is 13.8. The van der Waals surface area contributed by atoms with E-state index in [4.69, 9.17) is 4.74 Å². The van der Waals surface area contributed by atoms with Crippen LogP contribution < -0.4 is 0 Å². The van der Waals surface area contributed by atoms with Crippen molar-refractivity contribution in [3.05, 3.63) is 108 Å². The largest absolute Gasteiger partial charge is 0.379 e. The molecule has 0 saturated carbocycles. The van der Waals surface area contributed by atoms with Crippen molar-refractivity contribution in [3.8, 4) is 0 Å². The highest BCUT2D eigenvalue weighted by Gasteiger charge is 2.35. The summed E-state index contributed by atoms with van der Waals surface area (Å²) in [4.78, 5) is 0. The molecular formula is C27H32O. The molecule has 0 heterocycles. The summed E-state index contributed by atoms with van der Waals surface area (Å²) in [7, 11) is 0. The molecule has 1 heteroatoms. The Kier molecular flexibility index (Phi) is 7.45. The van der Waals surface area contributed by atoms with Gasteiger partial charge in [-0.3, -0.25) is 0 Å². The van der Waals surface area contributed by atoms with E-state index in [0.717, 1.165) is 25.9 Å². The quantitative estimate of drug-likeness (QED) is 0.275. The number of hydrogen-bond acceptors (Lipinski definition) is 1. The van der Waals surface area contributed by atoms with Gasteiger partial charge in [0.05, 0.1) is 6.10 Å². The Morgan fingerprint density at radius 1 is 0.679 bits per heavy atom. The van der Waals surface area contributed by atoms with E-state index in [9.17, 15) is 0 Å². The molecule has 28 heavy (non-hydrogen) atoms. The average molecular weight is 373 g/mol. The number of ether oxygens (including phenoxy) is 1. The molecule has 1 atom stereocenters. The van der Waals surface area contributed by atoms with Crippen LogP contribution in [-0.2, 0) is 10.2 Å². The number of hydrogen-bond donors (Lipinski definition) is 0. The van der Waals surface area contributed by atoms with Crippen molar-refractivity contribution in [2.75, 3.05) is 6.61 Å². The summed E-state index contributed by atoms with van der Waals surface area (Å²) >= 11 is 0. The van der Waals surface area contributed by atoms with E-state index in [-0.39, 0.29) is 5.41 Å². The zero-order valence-corrected chi connectivity index (χ0v) is 17.2. The van der Waals surface area contributed by atoms with Crippen LogP contribution in [0.2, 0.25) is 0 Å². The van der Waals surface area contributed by atoms with E-state index >= 15 is 0 Å². The summed E-state index contributed by atoms with van der Waals surface area (Å²) in [5.74, 6) is 0. The minimum absolute atomic E-state index is 0.126. The summed E-state index contributed by atoms with van der Waals surface area (Å²) < 4.78 is 5.73. The first-order valence-corrected chi connectivity index (χ1v) is 10.6. The van der Waals surface area contributed by atoms with Gasteiger partial charge >= 0.3 is 0 Å². The Balaban J connectivity index is 1.97. The van der Waals surface area contributed by atoms with Gasteiger partial charge in [-0.25, -0.2) is 0 Å². The third kappa shape index (κ3) is 4.72. The Hall–Kier alpha value is -2.38. The first-order valence-electron chi connectivity index (χ1n) is 10.6. The average Bonchev–Trinajstić information content (AvgIpc) is 2.76. The second-order valence-electron chi connectivity index (χ2n) is 7.52. The fourth-order valence-electron chi connectivity index (χ4n) is 4.29. The van der Waals surface area contributed by atoms with Crippen LogP contribution in [0.5, 0.6) is 0 Å². The van der Waals surface area contributed by atoms with E-state index in [1.807, 2.05) is 0 Å². The minimum Gasteiger partial charge on any atom is -0.379 e. The van der Waals surface area contributed by atoms with Crippen molar-refractivity contribution in [2.24, 2.45) is 0 Å². The molecule has 1 unspecified atom stereocenters. The molecule has 3 aromatic carbocycles. The molecule has 3 rings (SSSR count). The normalized spacial score (nSPS) is 12.6. The molecule has 0 saturated heterocycles. The molecule has 0 amide bonds. The second-order valence-corrected chi connectivity index (χ2v) is 7.52. The molecule has 0 radical (unpaired) electrons. The molecule has 0 N–H and O–H groups in total. The molecule has 3 aromatic rings. The van der Waals surface area contributed by atoms with Crippen LogP contribution in [0.15, 0.2) is 91.0 Å². The highest BCUT2D eigenvalue weighted by molar-refractivity contribution is 5.50. The van der Waals surface area contributed by atoms with Crippen molar-refractivity contribution in [2.45, 2.75) is 51.0 Å². The summed E-state index contributed by atoms with van der Waals surface area (Å²) in [6.45, 7) is 5.05. The molecule has 0 aliphatic carbocycles. The van der Waals surface area contributed by atoms with Gasteiger partial charge in [-0.15, -0.1) is 0 Å². The van der Waals surface area contributed by atoms with Gasteiger partial charge in [0, 0.05) is 12.0 Å². The smallest absolute Gasteiger partial charge is 0.0546 e. The molecule has 1 nitrogen and oxygen atoms in total. The maximum absolute atomic E-state index is 5.73. The Bertz CT molecular complexity index is 699.